The zero-order valence-electron chi connectivity index (χ0n) is 10.6. The van der Waals surface area contributed by atoms with Crippen molar-refractivity contribution in [3.63, 3.8) is 0 Å². The van der Waals surface area contributed by atoms with Crippen LogP contribution in [0.1, 0.15) is 5.56 Å². The van der Waals surface area contributed by atoms with Gasteiger partial charge in [0, 0.05) is 32.6 Å². The van der Waals surface area contributed by atoms with Gasteiger partial charge in [-0.2, -0.15) is 0 Å². The molecule has 0 spiro atoms. The molecule has 1 aromatic carbocycles. The maximum Gasteiger partial charge on any atom is 0.290 e. The van der Waals surface area contributed by atoms with E-state index in [0.717, 1.165) is 18.7 Å². The molecule has 0 atom stereocenters. The van der Waals surface area contributed by atoms with Gasteiger partial charge >= 0.3 is 0 Å². The minimum atomic E-state index is -0.341. The number of hydrogen-bond donors (Lipinski definition) is 0. The van der Waals surface area contributed by atoms with Crippen molar-refractivity contribution in [3.8, 4) is 0 Å². The Bertz CT molecular complexity index is 423. The van der Waals surface area contributed by atoms with Gasteiger partial charge in [-0.3, -0.25) is 9.59 Å². The third kappa shape index (κ3) is 3.17. The minimum Gasteiger partial charge on any atom is -0.334 e. The Kier molecular flexibility index (Phi) is 4.10. The molecule has 0 saturated carbocycles. The Morgan fingerprint density at radius 1 is 1.06 bits per heavy atom. The zero-order valence-corrected chi connectivity index (χ0v) is 10.6. The maximum absolute atomic E-state index is 12.0. The van der Waals surface area contributed by atoms with E-state index >= 15 is 0 Å². The highest BCUT2D eigenvalue weighted by Crippen LogP contribution is 2.04. The fourth-order valence-corrected chi connectivity index (χ4v) is 2.04. The molecule has 2 rings (SSSR count). The molecule has 96 valence electrons. The Balaban J connectivity index is 1.91. The highest BCUT2D eigenvalue weighted by Gasteiger charge is 2.24. The highest BCUT2D eigenvalue weighted by atomic mass is 16.2. The van der Waals surface area contributed by atoms with Gasteiger partial charge < -0.3 is 9.80 Å². The van der Waals surface area contributed by atoms with E-state index in [1.807, 2.05) is 37.4 Å². The van der Waals surface area contributed by atoms with Crippen LogP contribution in [0.25, 0.3) is 0 Å². The van der Waals surface area contributed by atoms with Crippen molar-refractivity contribution in [2.45, 2.75) is 6.42 Å². The molecule has 0 radical (unpaired) electrons. The highest BCUT2D eigenvalue weighted by molar-refractivity contribution is 6.36. The van der Waals surface area contributed by atoms with Crippen molar-refractivity contribution in [1.82, 2.24) is 9.80 Å². The molecule has 0 bridgehead atoms. The molecule has 1 amide bonds. The lowest BCUT2D eigenvalue weighted by Crippen LogP contribution is -2.49. The molecule has 0 aromatic heterocycles. The number of likely N-dealkylation sites (N-methyl/N-ethyl adjacent to an activating group) is 1. The van der Waals surface area contributed by atoms with Crippen molar-refractivity contribution in [1.29, 1.82) is 0 Å². The molecule has 1 saturated heterocycles. The third-order valence-corrected chi connectivity index (χ3v) is 3.24. The second kappa shape index (κ2) is 5.78. The molecule has 0 unspecified atom stereocenters. The number of rotatable bonds is 3. The van der Waals surface area contributed by atoms with Gasteiger partial charge in [0.15, 0.2) is 0 Å². The smallest absolute Gasteiger partial charge is 0.290 e. The monoisotopic (exact) mass is 246 g/mol. The van der Waals surface area contributed by atoms with Gasteiger partial charge in [0.2, 0.25) is 5.78 Å². The third-order valence-electron chi connectivity index (χ3n) is 3.24. The van der Waals surface area contributed by atoms with E-state index in [1.54, 1.807) is 4.90 Å². The molecular formula is C14H18N2O2. The number of nitrogens with zero attached hydrogens (tertiary/aromatic N) is 2. The molecular weight excluding hydrogens is 228 g/mol. The van der Waals surface area contributed by atoms with Gasteiger partial charge in [-0.25, -0.2) is 0 Å². The molecule has 0 N–H and O–H groups in total. The van der Waals surface area contributed by atoms with Gasteiger partial charge in [-0.15, -0.1) is 0 Å². The molecule has 4 nitrogen and oxygen atoms in total. The maximum atomic E-state index is 12.0. The molecule has 18 heavy (non-hydrogen) atoms. The first-order chi connectivity index (χ1) is 8.66. The predicted molar refractivity (Wildman–Crippen MR) is 69.2 cm³/mol. The first kappa shape index (κ1) is 12.8. The summed E-state index contributed by atoms with van der Waals surface area (Å²) in [6.45, 7) is 2.97. The van der Waals surface area contributed by atoms with E-state index in [0.29, 0.717) is 13.1 Å². The number of Topliss-reactive ketones (excluding diaryl/α,β-unsaturated/α-hetero) is 1. The molecule has 1 aliphatic rings. The van der Waals surface area contributed by atoms with Gasteiger partial charge in [-0.05, 0) is 12.6 Å². The first-order valence-corrected chi connectivity index (χ1v) is 6.21. The summed E-state index contributed by atoms with van der Waals surface area (Å²) in [4.78, 5) is 27.7. The van der Waals surface area contributed by atoms with E-state index in [9.17, 15) is 9.59 Å². The lowest BCUT2D eigenvalue weighted by Gasteiger charge is -2.31. The minimum absolute atomic E-state index is 0.200. The van der Waals surface area contributed by atoms with Gasteiger partial charge in [0.1, 0.15) is 0 Å². The van der Waals surface area contributed by atoms with Crippen LogP contribution < -0.4 is 0 Å². The Morgan fingerprint density at radius 2 is 1.67 bits per heavy atom. The summed E-state index contributed by atoms with van der Waals surface area (Å²) < 4.78 is 0. The number of hydrogen-bond acceptors (Lipinski definition) is 3. The molecule has 1 aromatic rings. The average Bonchev–Trinajstić information content (AvgIpc) is 2.40. The Labute approximate surface area is 107 Å². The average molecular weight is 246 g/mol. The number of carbonyl (C=O) groups is 2. The largest absolute Gasteiger partial charge is 0.334 e. The van der Waals surface area contributed by atoms with E-state index < -0.39 is 0 Å². The second-order valence-corrected chi connectivity index (χ2v) is 4.68. The molecule has 1 fully saturated rings. The van der Waals surface area contributed by atoms with E-state index in [4.69, 9.17) is 0 Å². The fraction of sp³-hybridized carbons (Fsp3) is 0.429. The summed E-state index contributed by atoms with van der Waals surface area (Å²) in [7, 11) is 2.02. The number of piperazine rings is 1. The van der Waals surface area contributed by atoms with Gasteiger partial charge in [-0.1, -0.05) is 30.3 Å². The van der Waals surface area contributed by atoms with Crippen molar-refractivity contribution < 1.29 is 9.59 Å². The molecule has 1 heterocycles. The predicted octanol–water partition coefficient (Wildman–Crippen LogP) is 0.572. The van der Waals surface area contributed by atoms with E-state index in [2.05, 4.69) is 4.90 Å². The van der Waals surface area contributed by atoms with E-state index in [1.165, 1.54) is 0 Å². The van der Waals surface area contributed by atoms with Crippen molar-refractivity contribution in [2.24, 2.45) is 0 Å². The molecule has 0 aliphatic carbocycles. The number of ketones is 1. The summed E-state index contributed by atoms with van der Waals surface area (Å²) in [5.74, 6) is -0.655. The lowest BCUT2D eigenvalue weighted by molar-refractivity contribution is -0.145. The topological polar surface area (TPSA) is 40.6 Å². The van der Waals surface area contributed by atoms with Crippen LogP contribution in [0.5, 0.6) is 0 Å². The summed E-state index contributed by atoms with van der Waals surface area (Å²) in [6.07, 6.45) is 0.200. The van der Waals surface area contributed by atoms with Crippen molar-refractivity contribution >= 4 is 11.7 Å². The van der Waals surface area contributed by atoms with E-state index in [-0.39, 0.29) is 18.1 Å². The SMILES string of the molecule is CN1CCN(C(=O)C(=O)Cc2ccccc2)CC1. The van der Waals surface area contributed by atoms with Crippen LogP contribution in [0, 0.1) is 0 Å². The summed E-state index contributed by atoms with van der Waals surface area (Å²) >= 11 is 0. The van der Waals surface area contributed by atoms with Crippen LogP contribution in [0.15, 0.2) is 30.3 Å². The second-order valence-electron chi connectivity index (χ2n) is 4.68. The molecule has 1 aliphatic heterocycles. The van der Waals surface area contributed by atoms with Crippen LogP contribution in [0.2, 0.25) is 0 Å². The quantitative estimate of drug-likeness (QED) is 0.732. The number of benzene rings is 1. The first-order valence-electron chi connectivity index (χ1n) is 6.21. The van der Waals surface area contributed by atoms with Gasteiger partial charge in [0.05, 0.1) is 0 Å². The number of amides is 1. The van der Waals surface area contributed by atoms with Gasteiger partial charge in [0.25, 0.3) is 5.91 Å². The fourth-order valence-electron chi connectivity index (χ4n) is 2.04. The van der Waals surface area contributed by atoms with Crippen LogP contribution in [-0.4, -0.2) is 54.7 Å². The normalized spacial score (nSPS) is 16.6. The standard InChI is InChI=1S/C14H18N2O2/c1-15-7-9-16(10-8-15)14(18)13(17)11-12-5-3-2-4-6-12/h2-6H,7-11H2,1H3. The summed E-state index contributed by atoms with van der Waals surface area (Å²) in [6, 6.07) is 9.40. The van der Waals surface area contributed by atoms with Crippen LogP contribution in [-0.2, 0) is 16.0 Å². The number of carbonyl (C=O) groups excluding carboxylic acids is 2. The van der Waals surface area contributed by atoms with Crippen LogP contribution in [0.3, 0.4) is 0 Å². The Morgan fingerprint density at radius 3 is 2.28 bits per heavy atom. The van der Waals surface area contributed by atoms with Crippen LogP contribution >= 0.6 is 0 Å². The zero-order chi connectivity index (χ0) is 13.0. The van der Waals surface area contributed by atoms with Crippen LogP contribution in [0.4, 0.5) is 0 Å². The van der Waals surface area contributed by atoms with Crippen molar-refractivity contribution in [3.05, 3.63) is 35.9 Å². The lowest BCUT2D eigenvalue weighted by atomic mass is 10.1. The summed E-state index contributed by atoms with van der Waals surface area (Å²) in [5, 5.41) is 0. The van der Waals surface area contributed by atoms with Crippen molar-refractivity contribution in [2.75, 3.05) is 33.2 Å². The summed E-state index contributed by atoms with van der Waals surface area (Å²) in [5.41, 5.74) is 0.893. The molecule has 4 heteroatoms. The Hall–Kier alpha value is -1.68.